The van der Waals surface area contributed by atoms with Crippen LogP contribution < -0.4 is 5.32 Å². The molecule has 0 fully saturated rings. The molecule has 0 aliphatic heterocycles. The average Bonchev–Trinajstić information content (AvgIpc) is 2.38. The molecular weight excluding hydrogens is 225 g/mol. The Bertz CT molecular complexity index is 347. The number of rotatable bonds is 7. The van der Waals surface area contributed by atoms with E-state index in [1.165, 1.54) is 12.8 Å². The lowest BCUT2D eigenvalue weighted by Gasteiger charge is -2.28. The van der Waals surface area contributed by atoms with Gasteiger partial charge in [-0.15, -0.1) is 0 Å². The van der Waals surface area contributed by atoms with Gasteiger partial charge in [0, 0.05) is 17.6 Å². The quantitative estimate of drug-likeness (QED) is 0.741. The summed E-state index contributed by atoms with van der Waals surface area (Å²) in [5.41, 5.74) is 0.790. The highest BCUT2D eigenvalue weighted by atomic mass is 19.1. The molecule has 0 aliphatic carbocycles. The van der Waals surface area contributed by atoms with Gasteiger partial charge in [0.25, 0.3) is 0 Å². The van der Waals surface area contributed by atoms with E-state index in [0.29, 0.717) is 12.0 Å². The molecule has 102 valence electrons. The van der Waals surface area contributed by atoms with E-state index in [2.05, 4.69) is 33.0 Å². The van der Waals surface area contributed by atoms with Crippen LogP contribution in [0.5, 0.6) is 0 Å². The van der Waals surface area contributed by atoms with Crippen molar-refractivity contribution >= 4 is 0 Å². The van der Waals surface area contributed by atoms with E-state index < -0.39 is 0 Å². The van der Waals surface area contributed by atoms with Crippen molar-refractivity contribution in [1.29, 1.82) is 0 Å². The Kier molecular flexibility index (Phi) is 6.34. The van der Waals surface area contributed by atoms with Crippen molar-refractivity contribution in [3.8, 4) is 0 Å². The SMILES string of the molecule is CCC(NC(C)C(CC)CC)c1ccccc1F. The van der Waals surface area contributed by atoms with E-state index in [4.69, 9.17) is 0 Å². The Labute approximate surface area is 111 Å². The van der Waals surface area contributed by atoms with Gasteiger partial charge in [-0.3, -0.25) is 0 Å². The molecule has 0 bridgehead atoms. The molecule has 0 saturated heterocycles. The molecule has 1 N–H and O–H groups in total. The third-order valence-electron chi connectivity index (χ3n) is 3.91. The highest BCUT2D eigenvalue weighted by molar-refractivity contribution is 5.21. The van der Waals surface area contributed by atoms with Crippen LogP contribution in [0.25, 0.3) is 0 Å². The van der Waals surface area contributed by atoms with E-state index in [9.17, 15) is 4.39 Å². The zero-order valence-electron chi connectivity index (χ0n) is 12.0. The Hall–Kier alpha value is -0.890. The predicted molar refractivity (Wildman–Crippen MR) is 76.1 cm³/mol. The topological polar surface area (TPSA) is 12.0 Å². The first-order chi connectivity index (χ1) is 8.63. The van der Waals surface area contributed by atoms with Crippen LogP contribution in [-0.2, 0) is 0 Å². The second-order valence-electron chi connectivity index (χ2n) is 5.01. The standard InChI is InChI=1S/C16H26FN/c1-5-13(6-2)12(4)18-16(7-3)14-10-8-9-11-15(14)17/h8-13,16,18H,5-7H2,1-4H3. The molecule has 2 heteroatoms. The first-order valence-electron chi connectivity index (χ1n) is 7.14. The van der Waals surface area contributed by atoms with Gasteiger partial charge in [0.05, 0.1) is 0 Å². The molecule has 2 unspecified atom stereocenters. The van der Waals surface area contributed by atoms with Gasteiger partial charge in [-0.2, -0.15) is 0 Å². The van der Waals surface area contributed by atoms with Crippen molar-refractivity contribution in [3.63, 3.8) is 0 Å². The smallest absolute Gasteiger partial charge is 0.127 e. The average molecular weight is 251 g/mol. The summed E-state index contributed by atoms with van der Waals surface area (Å²) >= 11 is 0. The molecule has 1 rings (SSSR count). The first-order valence-corrected chi connectivity index (χ1v) is 7.14. The fourth-order valence-electron chi connectivity index (χ4n) is 2.63. The van der Waals surface area contributed by atoms with Gasteiger partial charge in [-0.05, 0) is 25.3 Å². The molecule has 0 aromatic heterocycles. The zero-order valence-corrected chi connectivity index (χ0v) is 12.0. The van der Waals surface area contributed by atoms with Gasteiger partial charge in [-0.1, -0.05) is 51.8 Å². The summed E-state index contributed by atoms with van der Waals surface area (Å²) in [5, 5.41) is 3.59. The lowest BCUT2D eigenvalue weighted by atomic mass is 9.93. The van der Waals surface area contributed by atoms with Gasteiger partial charge in [0.1, 0.15) is 5.82 Å². The zero-order chi connectivity index (χ0) is 13.5. The minimum atomic E-state index is -0.103. The van der Waals surface area contributed by atoms with Crippen molar-refractivity contribution in [2.75, 3.05) is 0 Å². The number of halogens is 1. The Balaban J connectivity index is 2.76. The highest BCUT2D eigenvalue weighted by Crippen LogP contribution is 2.23. The molecule has 0 aliphatic rings. The molecule has 1 aromatic rings. The molecule has 2 atom stereocenters. The molecule has 0 heterocycles. The molecule has 0 saturated carbocycles. The van der Waals surface area contributed by atoms with Crippen molar-refractivity contribution in [3.05, 3.63) is 35.6 Å². The minimum absolute atomic E-state index is 0.103. The molecule has 0 radical (unpaired) electrons. The summed E-state index contributed by atoms with van der Waals surface area (Å²) in [4.78, 5) is 0. The lowest BCUT2D eigenvalue weighted by Crippen LogP contribution is -2.36. The summed E-state index contributed by atoms with van der Waals surface area (Å²) in [7, 11) is 0. The van der Waals surface area contributed by atoms with Crippen molar-refractivity contribution < 1.29 is 4.39 Å². The van der Waals surface area contributed by atoms with Crippen molar-refractivity contribution in [1.82, 2.24) is 5.32 Å². The predicted octanol–water partition coefficient (Wildman–Crippen LogP) is 4.69. The molecule has 0 spiro atoms. The summed E-state index contributed by atoms with van der Waals surface area (Å²) in [6.07, 6.45) is 3.24. The van der Waals surface area contributed by atoms with Gasteiger partial charge >= 0.3 is 0 Å². The minimum Gasteiger partial charge on any atom is -0.307 e. The Morgan fingerprint density at radius 3 is 2.17 bits per heavy atom. The molecule has 18 heavy (non-hydrogen) atoms. The summed E-state index contributed by atoms with van der Waals surface area (Å²) in [5.74, 6) is 0.555. The van der Waals surface area contributed by atoms with E-state index in [1.807, 2.05) is 12.1 Å². The van der Waals surface area contributed by atoms with Gasteiger partial charge in [-0.25, -0.2) is 4.39 Å². The summed E-state index contributed by atoms with van der Waals surface area (Å²) in [6.45, 7) is 8.75. The van der Waals surface area contributed by atoms with Gasteiger partial charge in [0.2, 0.25) is 0 Å². The van der Waals surface area contributed by atoms with E-state index in [-0.39, 0.29) is 11.9 Å². The van der Waals surface area contributed by atoms with Gasteiger partial charge < -0.3 is 5.32 Å². The third kappa shape index (κ3) is 3.81. The van der Waals surface area contributed by atoms with Crippen LogP contribution in [-0.4, -0.2) is 6.04 Å². The number of hydrogen-bond donors (Lipinski definition) is 1. The van der Waals surface area contributed by atoms with E-state index in [1.54, 1.807) is 12.1 Å². The normalized spacial score (nSPS) is 14.8. The second-order valence-corrected chi connectivity index (χ2v) is 5.01. The molecular formula is C16H26FN. The van der Waals surface area contributed by atoms with Crippen LogP contribution in [0.4, 0.5) is 4.39 Å². The van der Waals surface area contributed by atoms with Crippen molar-refractivity contribution in [2.45, 2.75) is 59.0 Å². The molecule has 1 nitrogen and oxygen atoms in total. The maximum absolute atomic E-state index is 13.8. The first kappa shape index (κ1) is 15.2. The van der Waals surface area contributed by atoms with Crippen LogP contribution in [0.3, 0.4) is 0 Å². The maximum Gasteiger partial charge on any atom is 0.127 e. The second kappa shape index (κ2) is 7.52. The van der Waals surface area contributed by atoms with Crippen molar-refractivity contribution in [2.24, 2.45) is 5.92 Å². The summed E-state index contributed by atoms with van der Waals surface area (Å²) in [6, 6.07) is 7.62. The van der Waals surface area contributed by atoms with Crippen LogP contribution in [0, 0.1) is 11.7 Å². The third-order valence-corrected chi connectivity index (χ3v) is 3.91. The van der Waals surface area contributed by atoms with Crippen LogP contribution in [0.2, 0.25) is 0 Å². The Morgan fingerprint density at radius 1 is 1.06 bits per heavy atom. The monoisotopic (exact) mass is 251 g/mol. The molecule has 1 aromatic carbocycles. The van der Waals surface area contributed by atoms with Crippen LogP contribution in [0.15, 0.2) is 24.3 Å². The van der Waals surface area contributed by atoms with E-state index >= 15 is 0 Å². The lowest BCUT2D eigenvalue weighted by molar-refractivity contribution is 0.315. The number of benzene rings is 1. The number of nitrogens with one attached hydrogen (secondary N) is 1. The van der Waals surface area contributed by atoms with Crippen LogP contribution >= 0.6 is 0 Å². The highest BCUT2D eigenvalue weighted by Gasteiger charge is 2.19. The fraction of sp³-hybridized carbons (Fsp3) is 0.625. The summed E-state index contributed by atoms with van der Waals surface area (Å²) < 4.78 is 13.8. The van der Waals surface area contributed by atoms with Crippen LogP contribution in [0.1, 0.15) is 58.6 Å². The van der Waals surface area contributed by atoms with Gasteiger partial charge in [0.15, 0.2) is 0 Å². The maximum atomic E-state index is 13.8. The fourth-order valence-corrected chi connectivity index (χ4v) is 2.63. The number of hydrogen-bond acceptors (Lipinski definition) is 1. The molecule has 0 amide bonds. The van der Waals surface area contributed by atoms with E-state index in [0.717, 1.165) is 12.0 Å². The largest absolute Gasteiger partial charge is 0.307 e. The Morgan fingerprint density at radius 2 is 1.67 bits per heavy atom.